The molecule has 0 N–H and O–H groups in total. The van der Waals surface area contributed by atoms with Crippen LogP contribution in [0.1, 0.15) is 0 Å². The van der Waals surface area contributed by atoms with Gasteiger partial charge in [-0.3, -0.25) is 9.97 Å². The molecule has 3 aromatic heterocycles. The van der Waals surface area contributed by atoms with Gasteiger partial charge in [-0.15, -0.1) is 0 Å². The Morgan fingerprint density at radius 3 is 1.87 bits per heavy atom. The lowest BCUT2D eigenvalue weighted by Gasteiger charge is -2.16. The minimum atomic E-state index is 0.891. The van der Waals surface area contributed by atoms with E-state index in [1.807, 2.05) is 24.5 Å². The van der Waals surface area contributed by atoms with Crippen LogP contribution in [0.3, 0.4) is 0 Å². The van der Waals surface area contributed by atoms with Gasteiger partial charge in [0, 0.05) is 39.7 Å². The number of para-hydroxylation sites is 1. The molecule has 3 heterocycles. The minimum Gasteiger partial charge on any atom is -0.255 e. The van der Waals surface area contributed by atoms with E-state index in [9.17, 15) is 0 Å². The molecule has 8 aromatic rings. The summed E-state index contributed by atoms with van der Waals surface area (Å²) in [6.07, 6.45) is 3.74. The lowest BCUT2D eigenvalue weighted by atomic mass is 9.89. The van der Waals surface area contributed by atoms with Gasteiger partial charge in [-0.25, -0.2) is 4.98 Å². The molecule has 176 valence electrons. The zero-order chi connectivity index (χ0) is 25.1. The zero-order valence-corrected chi connectivity index (χ0v) is 20.5. The molecule has 0 bridgehead atoms. The molecule has 3 heteroatoms. The summed E-state index contributed by atoms with van der Waals surface area (Å²) in [5, 5.41) is 8.60. The van der Waals surface area contributed by atoms with Crippen molar-refractivity contribution in [2.45, 2.75) is 0 Å². The molecule has 0 radical (unpaired) electrons. The van der Waals surface area contributed by atoms with Gasteiger partial charge in [0.1, 0.15) is 0 Å². The average Bonchev–Trinajstić information content (AvgIpc) is 3.00. The van der Waals surface area contributed by atoms with Gasteiger partial charge in [0.05, 0.1) is 22.2 Å². The zero-order valence-electron chi connectivity index (χ0n) is 20.5. The van der Waals surface area contributed by atoms with Crippen molar-refractivity contribution in [3.63, 3.8) is 0 Å². The van der Waals surface area contributed by atoms with Gasteiger partial charge < -0.3 is 0 Å². The summed E-state index contributed by atoms with van der Waals surface area (Å²) in [6, 6.07) is 40.6. The Hall–Kier alpha value is -5.15. The van der Waals surface area contributed by atoms with E-state index in [4.69, 9.17) is 4.98 Å². The highest BCUT2D eigenvalue weighted by atomic mass is 14.7. The predicted octanol–water partition coefficient (Wildman–Crippen LogP) is 8.97. The monoisotopic (exact) mass is 483 g/mol. The first-order chi connectivity index (χ1) is 18.8. The number of rotatable bonds is 2. The van der Waals surface area contributed by atoms with Crippen molar-refractivity contribution in [2.75, 3.05) is 0 Å². The van der Waals surface area contributed by atoms with Crippen molar-refractivity contribution in [3.8, 4) is 22.4 Å². The van der Waals surface area contributed by atoms with Gasteiger partial charge in [0.2, 0.25) is 0 Å². The van der Waals surface area contributed by atoms with Crippen molar-refractivity contribution in [2.24, 2.45) is 0 Å². The van der Waals surface area contributed by atoms with Gasteiger partial charge in [0.25, 0.3) is 0 Å². The molecule has 5 aromatic carbocycles. The number of hydrogen-bond donors (Lipinski definition) is 0. The third kappa shape index (κ3) is 3.12. The molecule has 0 unspecified atom stereocenters. The fourth-order valence-corrected chi connectivity index (χ4v) is 5.79. The van der Waals surface area contributed by atoms with Gasteiger partial charge >= 0.3 is 0 Å². The van der Waals surface area contributed by atoms with E-state index in [1.165, 1.54) is 37.7 Å². The van der Waals surface area contributed by atoms with Crippen LogP contribution in [0.25, 0.3) is 76.6 Å². The number of aromatic nitrogens is 3. The second-order valence-corrected chi connectivity index (χ2v) is 9.67. The summed E-state index contributed by atoms with van der Waals surface area (Å²) in [6.45, 7) is 0. The molecule has 0 spiro atoms. The molecule has 0 aliphatic carbocycles. The van der Waals surface area contributed by atoms with E-state index < -0.39 is 0 Å². The molecule has 0 saturated heterocycles. The van der Waals surface area contributed by atoms with E-state index in [-0.39, 0.29) is 0 Å². The maximum Gasteiger partial charge on any atom is 0.0892 e. The molecule has 0 aliphatic rings. The summed E-state index contributed by atoms with van der Waals surface area (Å²) < 4.78 is 0. The highest BCUT2D eigenvalue weighted by Crippen LogP contribution is 2.43. The first-order valence-electron chi connectivity index (χ1n) is 12.8. The normalized spacial score (nSPS) is 11.7. The van der Waals surface area contributed by atoms with Crippen LogP contribution >= 0.6 is 0 Å². The van der Waals surface area contributed by atoms with Crippen LogP contribution in [-0.2, 0) is 0 Å². The van der Waals surface area contributed by atoms with Crippen molar-refractivity contribution in [3.05, 3.63) is 128 Å². The smallest absolute Gasteiger partial charge is 0.0892 e. The van der Waals surface area contributed by atoms with Crippen LogP contribution in [0.4, 0.5) is 0 Å². The van der Waals surface area contributed by atoms with Crippen LogP contribution in [0.15, 0.2) is 128 Å². The van der Waals surface area contributed by atoms with Crippen molar-refractivity contribution in [1.82, 2.24) is 15.0 Å². The van der Waals surface area contributed by atoms with E-state index in [1.54, 1.807) is 0 Å². The molecule has 0 amide bonds. The molecule has 8 rings (SSSR count). The van der Waals surface area contributed by atoms with Gasteiger partial charge in [-0.05, 0) is 57.4 Å². The van der Waals surface area contributed by atoms with Crippen LogP contribution in [0.2, 0.25) is 0 Å². The molecule has 38 heavy (non-hydrogen) atoms. The van der Waals surface area contributed by atoms with Gasteiger partial charge in [0.15, 0.2) is 0 Å². The number of fused-ring (bicyclic) bond motifs is 9. The average molecular weight is 484 g/mol. The maximum absolute atomic E-state index is 5.29. The fourth-order valence-electron chi connectivity index (χ4n) is 5.79. The predicted molar refractivity (Wildman–Crippen MR) is 158 cm³/mol. The highest BCUT2D eigenvalue weighted by Gasteiger charge is 2.17. The number of hydrogen-bond acceptors (Lipinski definition) is 3. The summed E-state index contributed by atoms with van der Waals surface area (Å²) in [7, 11) is 0. The van der Waals surface area contributed by atoms with Crippen LogP contribution in [-0.4, -0.2) is 15.0 Å². The Morgan fingerprint density at radius 2 is 1.05 bits per heavy atom. The summed E-state index contributed by atoms with van der Waals surface area (Å²) >= 11 is 0. The lowest BCUT2D eigenvalue weighted by molar-refractivity contribution is 1.34. The maximum atomic E-state index is 5.29. The van der Waals surface area contributed by atoms with Crippen molar-refractivity contribution < 1.29 is 0 Å². The van der Waals surface area contributed by atoms with Gasteiger partial charge in [-0.1, -0.05) is 84.9 Å². The number of nitrogens with zero attached hydrogens (tertiary/aromatic N) is 3. The van der Waals surface area contributed by atoms with E-state index in [2.05, 4.69) is 113 Å². The third-order valence-corrected chi connectivity index (χ3v) is 7.50. The van der Waals surface area contributed by atoms with Gasteiger partial charge in [-0.2, -0.15) is 0 Å². The van der Waals surface area contributed by atoms with Crippen LogP contribution in [0, 0.1) is 0 Å². The largest absolute Gasteiger partial charge is 0.255 e. The summed E-state index contributed by atoms with van der Waals surface area (Å²) in [5.74, 6) is 0. The molecule has 3 nitrogen and oxygen atoms in total. The molecular weight excluding hydrogens is 462 g/mol. The first kappa shape index (κ1) is 21.0. The number of pyridine rings is 3. The Kier molecular flexibility index (Phi) is 4.52. The van der Waals surface area contributed by atoms with E-state index in [0.717, 1.165) is 38.9 Å². The Labute approximate surface area is 219 Å². The SMILES string of the molecule is c1cc(-c2cnc3cccnc3c2)cc(-c2nc3ccccc3c3c4ccccc4c4ccccc4c23)c1. The Bertz CT molecular complexity index is 2200. The third-order valence-electron chi connectivity index (χ3n) is 7.50. The molecule has 0 atom stereocenters. The lowest BCUT2D eigenvalue weighted by Crippen LogP contribution is -1.93. The van der Waals surface area contributed by atoms with Crippen molar-refractivity contribution >= 4 is 54.3 Å². The standard InChI is InChI=1S/C35H21N3/c1-3-13-27-25(11-1)26-12-2-4-14-28(26)34-33(27)29-15-5-6-16-30(29)38-35(34)23-10-7-9-22(19-23)24-20-32-31(37-21-24)17-8-18-36-32/h1-21H. The molecular formula is C35H21N3. The molecule has 0 fully saturated rings. The highest BCUT2D eigenvalue weighted by molar-refractivity contribution is 6.33. The second kappa shape index (κ2) is 8.19. The Morgan fingerprint density at radius 1 is 0.395 bits per heavy atom. The minimum absolute atomic E-state index is 0.891. The topological polar surface area (TPSA) is 38.7 Å². The second-order valence-electron chi connectivity index (χ2n) is 9.67. The van der Waals surface area contributed by atoms with E-state index >= 15 is 0 Å². The first-order valence-corrected chi connectivity index (χ1v) is 12.8. The summed E-state index contributed by atoms with van der Waals surface area (Å²) in [4.78, 5) is 14.4. The van der Waals surface area contributed by atoms with Crippen LogP contribution in [0.5, 0.6) is 0 Å². The Balaban J connectivity index is 1.49. The van der Waals surface area contributed by atoms with Crippen molar-refractivity contribution in [1.29, 1.82) is 0 Å². The van der Waals surface area contributed by atoms with Crippen LogP contribution < -0.4 is 0 Å². The number of benzene rings is 5. The molecule has 0 aliphatic heterocycles. The fraction of sp³-hybridized carbons (Fsp3) is 0. The van der Waals surface area contributed by atoms with E-state index in [0.29, 0.717) is 0 Å². The summed E-state index contributed by atoms with van der Waals surface area (Å²) in [5.41, 5.74) is 7.00. The molecule has 0 saturated carbocycles. The quantitative estimate of drug-likeness (QED) is 0.230.